The summed E-state index contributed by atoms with van der Waals surface area (Å²) in [6, 6.07) is 24.5. The predicted octanol–water partition coefficient (Wildman–Crippen LogP) is 4.82. The maximum atomic E-state index is 13.4. The molecule has 0 unspecified atom stereocenters. The van der Waals surface area contributed by atoms with Crippen molar-refractivity contribution in [2.75, 3.05) is 20.8 Å². The number of ether oxygens (including phenoxy) is 2. The normalized spacial score (nSPS) is 13.6. The van der Waals surface area contributed by atoms with Crippen molar-refractivity contribution in [1.29, 1.82) is 0 Å². The first-order valence-electron chi connectivity index (χ1n) is 10.2. The highest BCUT2D eigenvalue weighted by Crippen LogP contribution is 2.40. The summed E-state index contributed by atoms with van der Waals surface area (Å²) in [7, 11) is 3.21. The van der Waals surface area contributed by atoms with Crippen LogP contribution >= 0.6 is 11.8 Å². The van der Waals surface area contributed by atoms with Crippen molar-refractivity contribution in [2.45, 2.75) is 11.3 Å². The van der Waals surface area contributed by atoms with Crippen LogP contribution in [-0.4, -0.2) is 37.5 Å². The Morgan fingerprint density at radius 3 is 1.94 bits per heavy atom. The van der Waals surface area contributed by atoms with Crippen molar-refractivity contribution in [3.8, 4) is 11.5 Å². The lowest BCUT2D eigenvalue weighted by Gasteiger charge is -2.15. The molecule has 1 aliphatic heterocycles. The van der Waals surface area contributed by atoms with Gasteiger partial charge in [-0.2, -0.15) is 0 Å². The summed E-state index contributed by atoms with van der Waals surface area (Å²) in [6.07, 6.45) is 0.570. The van der Waals surface area contributed by atoms with Gasteiger partial charge in [0, 0.05) is 11.4 Å². The van der Waals surface area contributed by atoms with Crippen LogP contribution in [0, 0.1) is 0 Å². The van der Waals surface area contributed by atoms with Gasteiger partial charge < -0.3 is 9.47 Å². The van der Waals surface area contributed by atoms with Crippen molar-refractivity contribution in [3.05, 3.63) is 94.9 Å². The summed E-state index contributed by atoms with van der Waals surface area (Å²) in [5.74, 6) is 0.933. The van der Waals surface area contributed by atoms with Gasteiger partial charge in [0.15, 0.2) is 0 Å². The first-order valence-corrected chi connectivity index (χ1v) is 11.0. The van der Waals surface area contributed by atoms with E-state index >= 15 is 0 Å². The summed E-state index contributed by atoms with van der Waals surface area (Å²) in [4.78, 5) is 29.4. The van der Waals surface area contributed by atoms with Crippen LogP contribution in [0.2, 0.25) is 0 Å². The number of imide groups is 1. The summed E-state index contributed by atoms with van der Waals surface area (Å²) < 4.78 is 10.4. The molecular weight excluding hydrogens is 422 g/mol. The van der Waals surface area contributed by atoms with Crippen LogP contribution in [-0.2, 0) is 16.0 Å². The average Bonchev–Trinajstić information content (AvgIpc) is 3.07. The minimum atomic E-state index is -0.271. The molecule has 0 fully saturated rings. The van der Waals surface area contributed by atoms with E-state index in [1.807, 2.05) is 66.7 Å². The van der Waals surface area contributed by atoms with Gasteiger partial charge >= 0.3 is 0 Å². The number of carbonyl (C=O) groups is 2. The second-order valence-corrected chi connectivity index (χ2v) is 8.29. The molecular formula is C26H23NO4S. The van der Waals surface area contributed by atoms with Gasteiger partial charge in [0.05, 0.1) is 24.7 Å². The third kappa shape index (κ3) is 4.55. The Morgan fingerprint density at radius 1 is 0.750 bits per heavy atom. The molecule has 3 aromatic carbocycles. The van der Waals surface area contributed by atoms with Gasteiger partial charge in [0.25, 0.3) is 11.8 Å². The third-order valence-corrected chi connectivity index (χ3v) is 6.34. The van der Waals surface area contributed by atoms with Crippen molar-refractivity contribution in [3.63, 3.8) is 0 Å². The van der Waals surface area contributed by atoms with Crippen molar-refractivity contribution < 1.29 is 19.1 Å². The number of carbonyl (C=O) groups excluding carboxylic acids is 2. The predicted molar refractivity (Wildman–Crippen MR) is 126 cm³/mol. The van der Waals surface area contributed by atoms with E-state index in [-0.39, 0.29) is 11.8 Å². The first kappa shape index (κ1) is 21.7. The van der Waals surface area contributed by atoms with Gasteiger partial charge in [0.1, 0.15) is 11.5 Å². The fourth-order valence-electron chi connectivity index (χ4n) is 3.50. The zero-order valence-electron chi connectivity index (χ0n) is 17.9. The van der Waals surface area contributed by atoms with Crippen molar-refractivity contribution >= 4 is 29.1 Å². The molecule has 5 nitrogen and oxygen atoms in total. The molecule has 0 radical (unpaired) electrons. The molecule has 162 valence electrons. The van der Waals surface area contributed by atoms with Crippen molar-refractivity contribution in [2.24, 2.45) is 0 Å². The van der Waals surface area contributed by atoms with E-state index < -0.39 is 0 Å². The van der Waals surface area contributed by atoms with Crippen LogP contribution < -0.4 is 9.47 Å². The molecule has 0 bridgehead atoms. The Hall–Kier alpha value is -3.51. The van der Waals surface area contributed by atoms with Crippen LogP contribution in [0.15, 0.2) is 88.7 Å². The minimum Gasteiger partial charge on any atom is -0.497 e. The Bertz CT molecular complexity index is 1140. The minimum absolute atomic E-state index is 0.261. The van der Waals surface area contributed by atoms with E-state index in [2.05, 4.69) is 0 Å². The molecule has 1 aliphatic rings. The monoisotopic (exact) mass is 445 g/mol. The number of methoxy groups -OCH3 is 2. The Morgan fingerprint density at radius 2 is 1.34 bits per heavy atom. The number of nitrogens with zero attached hydrogens (tertiary/aromatic N) is 1. The molecule has 0 N–H and O–H groups in total. The highest BCUT2D eigenvalue weighted by Gasteiger charge is 2.39. The quantitative estimate of drug-likeness (QED) is 0.466. The Labute approximate surface area is 191 Å². The second-order valence-electron chi connectivity index (χ2n) is 7.21. The van der Waals surface area contributed by atoms with Gasteiger partial charge in [0.2, 0.25) is 0 Å². The molecule has 32 heavy (non-hydrogen) atoms. The zero-order chi connectivity index (χ0) is 22.5. The molecule has 0 saturated heterocycles. The molecule has 2 amide bonds. The Kier molecular flexibility index (Phi) is 6.61. The molecule has 0 saturated carbocycles. The standard InChI is InChI=1S/C26H23NO4S/c1-30-20-12-8-18(9-13-20)16-17-27-25(28)23(19-10-14-21(31-2)15-11-19)24(26(27)29)32-22-6-4-3-5-7-22/h3-15H,16-17H2,1-2H3. The fraction of sp³-hybridized carbons (Fsp3) is 0.154. The van der Waals surface area contributed by atoms with E-state index in [1.165, 1.54) is 16.7 Å². The van der Waals surface area contributed by atoms with Crippen LogP contribution in [0.25, 0.3) is 5.57 Å². The highest BCUT2D eigenvalue weighted by molar-refractivity contribution is 8.04. The lowest BCUT2D eigenvalue weighted by molar-refractivity contribution is -0.136. The molecule has 3 aromatic rings. The molecule has 0 aromatic heterocycles. The number of benzene rings is 3. The first-order chi connectivity index (χ1) is 15.6. The Balaban J connectivity index is 1.62. The van der Waals surface area contributed by atoms with E-state index in [1.54, 1.807) is 26.4 Å². The molecule has 0 aliphatic carbocycles. The number of hydrogen-bond donors (Lipinski definition) is 0. The van der Waals surface area contributed by atoms with Crippen molar-refractivity contribution in [1.82, 2.24) is 4.90 Å². The lowest BCUT2D eigenvalue weighted by Crippen LogP contribution is -2.33. The summed E-state index contributed by atoms with van der Waals surface area (Å²) >= 11 is 1.33. The summed E-state index contributed by atoms with van der Waals surface area (Å²) in [5, 5.41) is 0. The van der Waals surface area contributed by atoms with Crippen LogP contribution in [0.1, 0.15) is 11.1 Å². The van der Waals surface area contributed by atoms with Crippen LogP contribution in [0.4, 0.5) is 0 Å². The van der Waals surface area contributed by atoms with E-state index in [0.717, 1.165) is 16.2 Å². The topological polar surface area (TPSA) is 55.8 Å². The van der Waals surface area contributed by atoms with Gasteiger partial charge in [-0.1, -0.05) is 54.2 Å². The number of amides is 2. The zero-order valence-corrected chi connectivity index (χ0v) is 18.7. The smallest absolute Gasteiger partial charge is 0.268 e. The highest BCUT2D eigenvalue weighted by atomic mass is 32.2. The maximum Gasteiger partial charge on any atom is 0.268 e. The maximum absolute atomic E-state index is 13.4. The van der Waals surface area contributed by atoms with Gasteiger partial charge in [-0.05, 0) is 53.9 Å². The SMILES string of the molecule is COc1ccc(CCN2C(=O)C(Sc3ccccc3)=C(c3ccc(OC)cc3)C2=O)cc1. The largest absolute Gasteiger partial charge is 0.497 e. The molecule has 0 atom stereocenters. The summed E-state index contributed by atoms with van der Waals surface area (Å²) in [5.41, 5.74) is 2.16. The van der Waals surface area contributed by atoms with E-state index in [0.29, 0.717) is 34.8 Å². The summed E-state index contributed by atoms with van der Waals surface area (Å²) in [6.45, 7) is 0.308. The number of thioether (sulfide) groups is 1. The molecule has 1 heterocycles. The second kappa shape index (κ2) is 9.75. The van der Waals surface area contributed by atoms with E-state index in [9.17, 15) is 9.59 Å². The lowest BCUT2D eigenvalue weighted by atomic mass is 10.1. The van der Waals surface area contributed by atoms with Gasteiger partial charge in [-0.3, -0.25) is 14.5 Å². The molecule has 0 spiro atoms. The van der Waals surface area contributed by atoms with Gasteiger partial charge in [-0.15, -0.1) is 0 Å². The fourth-order valence-corrected chi connectivity index (χ4v) is 4.54. The molecule has 4 rings (SSSR count). The van der Waals surface area contributed by atoms with E-state index in [4.69, 9.17) is 9.47 Å². The van der Waals surface area contributed by atoms with Crippen LogP contribution in [0.5, 0.6) is 11.5 Å². The van der Waals surface area contributed by atoms with Gasteiger partial charge in [-0.25, -0.2) is 0 Å². The van der Waals surface area contributed by atoms with Crippen LogP contribution in [0.3, 0.4) is 0 Å². The average molecular weight is 446 g/mol. The third-order valence-electron chi connectivity index (χ3n) is 5.25. The molecule has 6 heteroatoms. The number of rotatable bonds is 8. The number of hydrogen-bond acceptors (Lipinski definition) is 5.